The quantitative estimate of drug-likeness (QED) is 0.839. The number of aromatic carboxylic acids is 1. The molecule has 19 heavy (non-hydrogen) atoms. The molecular formula is C12H6F4O2S. The maximum atomic E-state index is 13.4. The fourth-order valence-corrected chi connectivity index (χ4v) is 2.35. The average molecular weight is 290 g/mol. The largest absolute Gasteiger partial charge is 0.477 e. The summed E-state index contributed by atoms with van der Waals surface area (Å²) in [5.74, 6) is -2.51. The SMILES string of the molecule is O=C(O)c1ccc(-c2ccc(C(F)(F)F)c(F)c2)s1. The van der Waals surface area contributed by atoms with E-state index in [0.29, 0.717) is 10.9 Å². The Kier molecular flexibility index (Phi) is 3.32. The van der Waals surface area contributed by atoms with E-state index < -0.39 is 23.5 Å². The monoisotopic (exact) mass is 290 g/mol. The molecule has 0 aliphatic rings. The molecule has 0 saturated carbocycles. The first-order valence-electron chi connectivity index (χ1n) is 4.99. The summed E-state index contributed by atoms with van der Waals surface area (Å²) in [6.07, 6.45) is -4.75. The van der Waals surface area contributed by atoms with E-state index in [-0.39, 0.29) is 10.4 Å². The van der Waals surface area contributed by atoms with Gasteiger partial charge in [0, 0.05) is 4.88 Å². The van der Waals surface area contributed by atoms with Crippen LogP contribution in [0, 0.1) is 5.82 Å². The van der Waals surface area contributed by atoms with Crippen LogP contribution in [0.25, 0.3) is 10.4 Å². The second-order valence-corrected chi connectivity index (χ2v) is 4.75. The summed E-state index contributed by atoms with van der Waals surface area (Å²) in [7, 11) is 0. The zero-order valence-corrected chi connectivity index (χ0v) is 9.98. The van der Waals surface area contributed by atoms with Gasteiger partial charge < -0.3 is 5.11 Å². The lowest BCUT2D eigenvalue weighted by molar-refractivity contribution is -0.139. The van der Waals surface area contributed by atoms with Crippen molar-refractivity contribution in [2.24, 2.45) is 0 Å². The second-order valence-electron chi connectivity index (χ2n) is 3.66. The molecule has 0 spiro atoms. The Morgan fingerprint density at radius 2 is 1.84 bits per heavy atom. The molecule has 0 radical (unpaired) electrons. The van der Waals surface area contributed by atoms with E-state index in [1.807, 2.05) is 0 Å². The van der Waals surface area contributed by atoms with Crippen molar-refractivity contribution in [3.63, 3.8) is 0 Å². The van der Waals surface area contributed by atoms with Gasteiger partial charge in [0.05, 0.1) is 5.56 Å². The molecule has 1 aromatic carbocycles. The number of carboxylic acids is 1. The standard InChI is InChI=1S/C12H6F4O2S/c13-8-5-6(1-2-7(8)12(14,15)16)9-3-4-10(19-9)11(17)18/h1-5H,(H,17,18). The molecule has 1 aromatic heterocycles. The lowest BCUT2D eigenvalue weighted by atomic mass is 10.1. The van der Waals surface area contributed by atoms with Gasteiger partial charge in [-0.25, -0.2) is 9.18 Å². The summed E-state index contributed by atoms with van der Waals surface area (Å²) in [6, 6.07) is 5.25. The Balaban J connectivity index is 2.41. The number of thiophene rings is 1. The van der Waals surface area contributed by atoms with Gasteiger partial charge in [0.1, 0.15) is 10.7 Å². The number of hydrogen-bond donors (Lipinski definition) is 1. The molecule has 0 atom stereocenters. The molecule has 0 bridgehead atoms. The predicted octanol–water partition coefficient (Wildman–Crippen LogP) is 4.27. The van der Waals surface area contributed by atoms with Gasteiger partial charge in [-0.05, 0) is 29.8 Å². The number of benzene rings is 1. The summed E-state index contributed by atoms with van der Waals surface area (Å²) in [5.41, 5.74) is -1.13. The fraction of sp³-hybridized carbons (Fsp3) is 0.0833. The Labute approximate surface area is 108 Å². The zero-order chi connectivity index (χ0) is 14.2. The van der Waals surface area contributed by atoms with Crippen molar-refractivity contribution in [3.05, 3.63) is 46.6 Å². The summed E-state index contributed by atoms with van der Waals surface area (Å²) in [6.45, 7) is 0. The molecule has 2 aromatic rings. The van der Waals surface area contributed by atoms with Crippen LogP contribution in [0.15, 0.2) is 30.3 Å². The molecular weight excluding hydrogens is 284 g/mol. The third-order valence-electron chi connectivity index (χ3n) is 2.38. The van der Waals surface area contributed by atoms with E-state index in [4.69, 9.17) is 5.11 Å². The number of rotatable bonds is 2. The minimum absolute atomic E-state index is 0.0373. The van der Waals surface area contributed by atoms with Crippen molar-refractivity contribution >= 4 is 17.3 Å². The van der Waals surface area contributed by atoms with Crippen LogP contribution in [0.5, 0.6) is 0 Å². The normalized spacial score (nSPS) is 11.6. The summed E-state index contributed by atoms with van der Waals surface area (Å²) < 4.78 is 50.5. The van der Waals surface area contributed by atoms with Crippen LogP contribution in [-0.4, -0.2) is 11.1 Å². The molecule has 1 heterocycles. The van der Waals surface area contributed by atoms with Crippen molar-refractivity contribution in [3.8, 4) is 10.4 Å². The number of hydrogen-bond acceptors (Lipinski definition) is 2. The highest BCUT2D eigenvalue weighted by Crippen LogP contribution is 2.35. The van der Waals surface area contributed by atoms with Crippen molar-refractivity contribution in [1.82, 2.24) is 0 Å². The van der Waals surface area contributed by atoms with Gasteiger partial charge in [-0.3, -0.25) is 0 Å². The lowest BCUT2D eigenvalue weighted by Gasteiger charge is -2.08. The molecule has 7 heteroatoms. The highest BCUT2D eigenvalue weighted by molar-refractivity contribution is 7.17. The Morgan fingerprint density at radius 3 is 2.32 bits per heavy atom. The zero-order valence-electron chi connectivity index (χ0n) is 9.16. The highest BCUT2D eigenvalue weighted by atomic mass is 32.1. The van der Waals surface area contributed by atoms with E-state index in [0.717, 1.165) is 23.5 Å². The molecule has 2 rings (SSSR count). The van der Waals surface area contributed by atoms with Gasteiger partial charge in [-0.1, -0.05) is 6.07 Å². The van der Waals surface area contributed by atoms with Gasteiger partial charge in [-0.2, -0.15) is 13.2 Å². The fourth-order valence-electron chi connectivity index (χ4n) is 1.51. The number of alkyl halides is 3. The van der Waals surface area contributed by atoms with Crippen LogP contribution >= 0.6 is 11.3 Å². The summed E-state index contributed by atoms with van der Waals surface area (Å²) in [4.78, 5) is 11.1. The smallest absolute Gasteiger partial charge is 0.419 e. The predicted molar refractivity (Wildman–Crippen MR) is 61.7 cm³/mol. The molecule has 0 saturated heterocycles. The van der Waals surface area contributed by atoms with Crippen LogP contribution in [0.4, 0.5) is 17.6 Å². The van der Waals surface area contributed by atoms with Crippen molar-refractivity contribution < 1.29 is 27.5 Å². The minimum atomic E-state index is -4.75. The average Bonchev–Trinajstić information content (AvgIpc) is 2.76. The topological polar surface area (TPSA) is 37.3 Å². The van der Waals surface area contributed by atoms with Gasteiger partial charge in [0.2, 0.25) is 0 Å². The lowest BCUT2D eigenvalue weighted by Crippen LogP contribution is -2.07. The molecule has 0 unspecified atom stereocenters. The molecule has 0 aliphatic carbocycles. The maximum absolute atomic E-state index is 13.4. The molecule has 0 fully saturated rings. The van der Waals surface area contributed by atoms with E-state index in [9.17, 15) is 22.4 Å². The van der Waals surface area contributed by atoms with Crippen molar-refractivity contribution in [1.29, 1.82) is 0 Å². The third-order valence-corrected chi connectivity index (χ3v) is 3.50. The molecule has 0 aliphatic heterocycles. The first kappa shape index (κ1) is 13.5. The molecule has 2 nitrogen and oxygen atoms in total. The maximum Gasteiger partial charge on any atom is 0.419 e. The highest BCUT2D eigenvalue weighted by Gasteiger charge is 2.34. The third kappa shape index (κ3) is 2.76. The number of carboxylic acid groups (broad SMARTS) is 1. The van der Waals surface area contributed by atoms with Crippen LogP contribution in [0.1, 0.15) is 15.2 Å². The van der Waals surface area contributed by atoms with Crippen LogP contribution in [-0.2, 0) is 6.18 Å². The van der Waals surface area contributed by atoms with Crippen molar-refractivity contribution in [2.75, 3.05) is 0 Å². The first-order chi connectivity index (χ1) is 8.79. The van der Waals surface area contributed by atoms with Gasteiger partial charge in [0.25, 0.3) is 0 Å². The van der Waals surface area contributed by atoms with E-state index in [1.54, 1.807) is 0 Å². The van der Waals surface area contributed by atoms with E-state index in [1.165, 1.54) is 12.1 Å². The number of halogens is 4. The second kappa shape index (κ2) is 4.65. The van der Waals surface area contributed by atoms with Crippen molar-refractivity contribution in [2.45, 2.75) is 6.18 Å². The number of carbonyl (C=O) groups is 1. The molecule has 100 valence electrons. The summed E-state index contributed by atoms with van der Waals surface area (Å²) >= 11 is 0.869. The van der Waals surface area contributed by atoms with E-state index >= 15 is 0 Å². The minimum Gasteiger partial charge on any atom is -0.477 e. The van der Waals surface area contributed by atoms with Crippen LogP contribution in [0.2, 0.25) is 0 Å². The summed E-state index contributed by atoms with van der Waals surface area (Å²) in [5, 5.41) is 8.74. The molecule has 0 amide bonds. The van der Waals surface area contributed by atoms with Crippen LogP contribution < -0.4 is 0 Å². The van der Waals surface area contributed by atoms with Crippen LogP contribution in [0.3, 0.4) is 0 Å². The van der Waals surface area contributed by atoms with Gasteiger partial charge >= 0.3 is 12.1 Å². The molecule has 1 N–H and O–H groups in total. The van der Waals surface area contributed by atoms with Gasteiger partial charge in [0.15, 0.2) is 0 Å². The Morgan fingerprint density at radius 1 is 1.16 bits per heavy atom. The Bertz CT molecular complexity index is 631. The van der Waals surface area contributed by atoms with E-state index in [2.05, 4.69) is 0 Å². The Hall–Kier alpha value is -1.89. The first-order valence-corrected chi connectivity index (χ1v) is 5.81. The van der Waals surface area contributed by atoms with Gasteiger partial charge in [-0.15, -0.1) is 11.3 Å².